The molecule has 0 amide bonds. The van der Waals surface area contributed by atoms with Crippen molar-refractivity contribution in [3.8, 4) is 0 Å². The molecule has 1 aliphatic carbocycles. The van der Waals surface area contributed by atoms with E-state index in [1.165, 1.54) is 6.42 Å². The lowest BCUT2D eigenvalue weighted by molar-refractivity contribution is -0.202. The maximum atomic E-state index is 9.81. The lowest BCUT2D eigenvalue weighted by atomic mass is 9.89. The molecule has 1 aromatic rings. The molecule has 0 radical (unpaired) electrons. The topological polar surface area (TPSA) is 35.5 Å². The van der Waals surface area contributed by atoms with E-state index in [2.05, 4.69) is 48.6 Å². The van der Waals surface area contributed by atoms with E-state index in [1.807, 2.05) is 13.0 Å². The minimum atomic E-state index is -0.457. The van der Waals surface area contributed by atoms with Gasteiger partial charge in [0.1, 0.15) is 11.4 Å². The van der Waals surface area contributed by atoms with Gasteiger partial charge in [-0.15, -0.1) is 0 Å². The van der Waals surface area contributed by atoms with Crippen LogP contribution in [0.15, 0.2) is 54.6 Å². The molecule has 3 rings (SSSR count). The van der Waals surface area contributed by atoms with Crippen LogP contribution >= 0.6 is 0 Å². The standard InChI is InChI=1S/C17H20O2.C4H8O/c1-3-9-15(10-4-1)17(12-6-2-7-13-17)19-16-11-5-8-14-18-16;1-3-4(2)5/h1,3-4,6-7,9-10,12-13,16H,2,5,8,11,14H2;3H2,1-2H3. The molecule has 0 bridgehead atoms. The van der Waals surface area contributed by atoms with Crippen LogP contribution in [0.4, 0.5) is 0 Å². The number of hydrogen-bond acceptors (Lipinski definition) is 3. The Morgan fingerprint density at radius 1 is 1.21 bits per heavy atom. The maximum absolute atomic E-state index is 9.81. The van der Waals surface area contributed by atoms with Crippen molar-refractivity contribution in [1.29, 1.82) is 0 Å². The Bertz CT molecular complexity index is 542. The van der Waals surface area contributed by atoms with Crippen LogP contribution in [0, 0.1) is 0 Å². The fraction of sp³-hybridized carbons (Fsp3) is 0.476. The Balaban J connectivity index is 0.000000368. The van der Waals surface area contributed by atoms with E-state index in [4.69, 9.17) is 9.47 Å². The van der Waals surface area contributed by atoms with Crippen molar-refractivity contribution in [2.45, 2.75) is 57.8 Å². The van der Waals surface area contributed by atoms with Crippen LogP contribution in [0.5, 0.6) is 0 Å². The van der Waals surface area contributed by atoms with E-state index in [0.717, 1.165) is 31.4 Å². The number of benzene rings is 1. The normalized spacial score (nSPS) is 21.7. The molecule has 3 nitrogen and oxygen atoms in total. The number of Topliss-reactive ketones (excluding diaryl/α,β-unsaturated/α-hetero) is 1. The molecule has 1 aliphatic heterocycles. The van der Waals surface area contributed by atoms with Crippen LogP contribution in [0.1, 0.15) is 51.5 Å². The van der Waals surface area contributed by atoms with Gasteiger partial charge >= 0.3 is 0 Å². The summed E-state index contributed by atoms with van der Waals surface area (Å²) >= 11 is 0. The summed E-state index contributed by atoms with van der Waals surface area (Å²) in [6.07, 6.45) is 13.5. The molecule has 1 aromatic carbocycles. The van der Waals surface area contributed by atoms with Gasteiger partial charge in [0.25, 0.3) is 0 Å². The molecule has 1 saturated heterocycles. The third kappa shape index (κ3) is 5.43. The predicted molar refractivity (Wildman–Crippen MR) is 96.7 cm³/mol. The molecular formula is C21H28O3. The number of allylic oxidation sites excluding steroid dienone is 2. The highest BCUT2D eigenvalue weighted by molar-refractivity contribution is 5.74. The number of ketones is 1. The molecule has 2 aliphatic rings. The van der Waals surface area contributed by atoms with Crippen molar-refractivity contribution in [3.63, 3.8) is 0 Å². The minimum absolute atomic E-state index is 0.0960. The summed E-state index contributed by atoms with van der Waals surface area (Å²) in [5.74, 6) is 0.255. The third-order valence-electron chi connectivity index (χ3n) is 4.19. The summed E-state index contributed by atoms with van der Waals surface area (Å²) < 4.78 is 12.0. The van der Waals surface area contributed by atoms with E-state index >= 15 is 0 Å². The second-order valence-corrected chi connectivity index (χ2v) is 6.17. The molecule has 0 saturated carbocycles. The Morgan fingerprint density at radius 2 is 1.88 bits per heavy atom. The van der Waals surface area contributed by atoms with Crippen LogP contribution in [0.3, 0.4) is 0 Å². The number of carbonyl (C=O) groups is 1. The van der Waals surface area contributed by atoms with Gasteiger partial charge in [-0.1, -0.05) is 49.4 Å². The second kappa shape index (κ2) is 9.55. The average Bonchev–Trinajstić information content (AvgIpc) is 2.64. The molecule has 1 heterocycles. The molecule has 24 heavy (non-hydrogen) atoms. The minimum Gasteiger partial charge on any atom is -0.353 e. The summed E-state index contributed by atoms with van der Waals surface area (Å²) in [4.78, 5) is 9.81. The first-order chi connectivity index (χ1) is 11.7. The molecule has 0 aromatic heterocycles. The number of ether oxygens (including phenoxy) is 2. The monoisotopic (exact) mass is 328 g/mol. The number of carbonyl (C=O) groups excluding carboxylic acids is 1. The Kier molecular flexibility index (Phi) is 7.41. The van der Waals surface area contributed by atoms with Crippen LogP contribution in [0.2, 0.25) is 0 Å². The van der Waals surface area contributed by atoms with Crippen molar-refractivity contribution in [2.75, 3.05) is 6.61 Å². The smallest absolute Gasteiger partial charge is 0.159 e. The van der Waals surface area contributed by atoms with Gasteiger partial charge in [0.05, 0.1) is 0 Å². The van der Waals surface area contributed by atoms with E-state index < -0.39 is 5.60 Å². The van der Waals surface area contributed by atoms with Crippen LogP contribution < -0.4 is 0 Å². The average molecular weight is 328 g/mol. The number of rotatable bonds is 4. The summed E-state index contributed by atoms with van der Waals surface area (Å²) in [6, 6.07) is 10.4. The SMILES string of the molecule is C1=CC(OC2CCCCO2)(c2ccccc2)C=CC1.CCC(C)=O. The Morgan fingerprint density at radius 3 is 2.42 bits per heavy atom. The first-order valence-corrected chi connectivity index (χ1v) is 8.86. The quantitative estimate of drug-likeness (QED) is 0.735. The molecule has 3 heteroatoms. The van der Waals surface area contributed by atoms with Crippen molar-refractivity contribution in [3.05, 3.63) is 60.2 Å². The highest BCUT2D eigenvalue weighted by atomic mass is 16.7. The molecule has 1 atom stereocenters. The summed E-state index contributed by atoms with van der Waals surface area (Å²) in [5, 5.41) is 0. The zero-order chi connectivity index (χ0) is 17.3. The summed E-state index contributed by atoms with van der Waals surface area (Å²) in [7, 11) is 0. The highest BCUT2D eigenvalue weighted by Crippen LogP contribution is 2.35. The lowest BCUT2D eigenvalue weighted by Crippen LogP contribution is -2.34. The van der Waals surface area contributed by atoms with Gasteiger partial charge in [-0.2, -0.15) is 0 Å². The molecule has 130 valence electrons. The molecule has 1 fully saturated rings. The van der Waals surface area contributed by atoms with E-state index in [1.54, 1.807) is 6.92 Å². The Hall–Kier alpha value is -1.71. The van der Waals surface area contributed by atoms with E-state index in [-0.39, 0.29) is 12.1 Å². The van der Waals surface area contributed by atoms with Crippen molar-refractivity contribution >= 4 is 5.78 Å². The summed E-state index contributed by atoms with van der Waals surface area (Å²) in [5.41, 5.74) is 0.706. The number of hydrogen-bond donors (Lipinski definition) is 0. The van der Waals surface area contributed by atoms with Gasteiger partial charge in [-0.25, -0.2) is 0 Å². The molecule has 0 N–H and O–H groups in total. The van der Waals surface area contributed by atoms with Gasteiger partial charge in [0, 0.05) is 13.0 Å². The first kappa shape index (κ1) is 18.6. The Labute approximate surface area is 145 Å². The van der Waals surface area contributed by atoms with Crippen LogP contribution in [-0.4, -0.2) is 18.7 Å². The molecular weight excluding hydrogens is 300 g/mol. The summed E-state index contributed by atoms with van der Waals surface area (Å²) in [6.45, 7) is 4.24. The van der Waals surface area contributed by atoms with Crippen molar-refractivity contribution in [1.82, 2.24) is 0 Å². The first-order valence-electron chi connectivity index (χ1n) is 8.86. The molecule has 1 unspecified atom stereocenters. The van der Waals surface area contributed by atoms with Gasteiger partial charge in [0.2, 0.25) is 0 Å². The van der Waals surface area contributed by atoms with Crippen LogP contribution in [-0.2, 0) is 19.9 Å². The highest BCUT2D eigenvalue weighted by Gasteiger charge is 2.32. The van der Waals surface area contributed by atoms with Gasteiger partial charge in [0.15, 0.2) is 6.29 Å². The zero-order valence-corrected chi connectivity index (χ0v) is 14.7. The van der Waals surface area contributed by atoms with E-state index in [0.29, 0.717) is 6.42 Å². The maximum Gasteiger partial charge on any atom is 0.159 e. The van der Waals surface area contributed by atoms with Crippen molar-refractivity contribution in [2.24, 2.45) is 0 Å². The predicted octanol–water partition coefficient (Wildman–Crippen LogP) is 4.93. The fourth-order valence-corrected chi connectivity index (χ4v) is 2.68. The van der Waals surface area contributed by atoms with Gasteiger partial charge in [-0.3, -0.25) is 0 Å². The van der Waals surface area contributed by atoms with Gasteiger partial charge < -0.3 is 14.3 Å². The van der Waals surface area contributed by atoms with Crippen LogP contribution in [0.25, 0.3) is 0 Å². The third-order valence-corrected chi connectivity index (χ3v) is 4.19. The van der Waals surface area contributed by atoms with E-state index in [9.17, 15) is 4.79 Å². The second-order valence-electron chi connectivity index (χ2n) is 6.17. The van der Waals surface area contributed by atoms with Gasteiger partial charge in [-0.05, 0) is 50.3 Å². The fourth-order valence-electron chi connectivity index (χ4n) is 2.68. The molecule has 0 spiro atoms. The van der Waals surface area contributed by atoms with Crippen molar-refractivity contribution < 1.29 is 14.3 Å². The largest absolute Gasteiger partial charge is 0.353 e. The zero-order valence-electron chi connectivity index (χ0n) is 14.7. The lowest BCUT2D eigenvalue weighted by Gasteiger charge is -2.35.